The zero-order valence-corrected chi connectivity index (χ0v) is 18.6. The summed E-state index contributed by atoms with van der Waals surface area (Å²) in [5.74, 6) is 1.41. The highest BCUT2D eigenvalue weighted by Gasteiger charge is 2.25. The molecule has 2 aromatic carbocycles. The van der Waals surface area contributed by atoms with Gasteiger partial charge < -0.3 is 19.7 Å². The maximum absolute atomic E-state index is 13.5. The van der Waals surface area contributed by atoms with Crippen LogP contribution in [0.15, 0.2) is 36.7 Å². The van der Waals surface area contributed by atoms with E-state index < -0.39 is 5.82 Å². The number of anilines is 2. The van der Waals surface area contributed by atoms with Crippen LogP contribution in [-0.2, 0) is 0 Å². The van der Waals surface area contributed by atoms with Crippen LogP contribution in [0.5, 0.6) is 11.5 Å². The van der Waals surface area contributed by atoms with Crippen molar-refractivity contribution < 1.29 is 13.9 Å². The van der Waals surface area contributed by atoms with Crippen LogP contribution in [-0.4, -0.2) is 48.2 Å². The fourth-order valence-corrected chi connectivity index (χ4v) is 4.17. The molecular formula is C23H26ClFN4O2. The lowest BCUT2D eigenvalue weighted by atomic mass is 9.92. The zero-order valence-electron chi connectivity index (χ0n) is 17.9. The molecule has 6 nitrogen and oxygen atoms in total. The Balaban J connectivity index is 1.62. The van der Waals surface area contributed by atoms with Crippen molar-refractivity contribution >= 4 is 34.0 Å². The predicted molar refractivity (Wildman–Crippen MR) is 121 cm³/mol. The Morgan fingerprint density at radius 2 is 1.84 bits per heavy atom. The monoisotopic (exact) mass is 444 g/mol. The van der Waals surface area contributed by atoms with E-state index >= 15 is 0 Å². The summed E-state index contributed by atoms with van der Waals surface area (Å²) in [4.78, 5) is 11.0. The van der Waals surface area contributed by atoms with Gasteiger partial charge in [0.15, 0.2) is 11.5 Å². The molecule has 0 radical (unpaired) electrons. The van der Waals surface area contributed by atoms with Crippen LogP contribution in [0.3, 0.4) is 0 Å². The molecular weight excluding hydrogens is 419 g/mol. The van der Waals surface area contributed by atoms with Crippen molar-refractivity contribution in [1.82, 2.24) is 14.9 Å². The van der Waals surface area contributed by atoms with Crippen molar-refractivity contribution in [3.8, 4) is 11.5 Å². The number of nitrogens with one attached hydrogen (secondary N) is 1. The number of nitrogens with zero attached hydrogens (tertiary/aromatic N) is 3. The third-order valence-corrected chi connectivity index (χ3v) is 6.06. The van der Waals surface area contributed by atoms with E-state index in [1.165, 1.54) is 18.5 Å². The highest BCUT2D eigenvalue weighted by molar-refractivity contribution is 6.31. The highest BCUT2D eigenvalue weighted by Crippen LogP contribution is 2.37. The van der Waals surface area contributed by atoms with Gasteiger partial charge in [0.05, 0.1) is 23.8 Å². The number of fused-ring (bicyclic) bond motifs is 1. The van der Waals surface area contributed by atoms with Crippen molar-refractivity contribution in [2.45, 2.75) is 37.8 Å². The summed E-state index contributed by atoms with van der Waals surface area (Å²) < 4.78 is 25.4. The summed E-state index contributed by atoms with van der Waals surface area (Å²) in [6.45, 7) is 0. The number of benzene rings is 2. The zero-order chi connectivity index (χ0) is 22.0. The Kier molecular flexibility index (Phi) is 6.43. The van der Waals surface area contributed by atoms with Crippen LogP contribution in [0.2, 0.25) is 5.02 Å². The maximum Gasteiger partial charge on any atom is 0.162 e. The Morgan fingerprint density at radius 1 is 1.06 bits per heavy atom. The van der Waals surface area contributed by atoms with E-state index in [2.05, 4.69) is 34.3 Å². The van der Waals surface area contributed by atoms with Gasteiger partial charge in [-0.1, -0.05) is 11.6 Å². The number of hydrogen-bond acceptors (Lipinski definition) is 6. The number of aromatic nitrogens is 2. The van der Waals surface area contributed by atoms with Gasteiger partial charge in [0, 0.05) is 23.2 Å². The molecule has 1 saturated carbocycles. The lowest BCUT2D eigenvalue weighted by molar-refractivity contribution is 0.108. The van der Waals surface area contributed by atoms with E-state index in [-0.39, 0.29) is 11.1 Å². The second-order valence-corrected chi connectivity index (χ2v) is 8.42. The minimum absolute atomic E-state index is 0.0439. The maximum atomic E-state index is 13.5. The smallest absolute Gasteiger partial charge is 0.162 e. The molecule has 1 N–H and O–H groups in total. The Morgan fingerprint density at radius 3 is 2.52 bits per heavy atom. The molecule has 0 spiro atoms. The van der Waals surface area contributed by atoms with Crippen molar-refractivity contribution in [2.24, 2.45) is 0 Å². The number of halogens is 2. The summed E-state index contributed by atoms with van der Waals surface area (Å²) in [6, 6.07) is 8.80. The molecule has 1 aliphatic rings. The fraction of sp³-hybridized carbons (Fsp3) is 0.391. The Hall–Kier alpha value is -2.64. The Bertz CT molecular complexity index is 1070. The third kappa shape index (κ3) is 4.83. The summed E-state index contributed by atoms with van der Waals surface area (Å²) in [6.07, 6.45) is 5.81. The number of rotatable bonds is 6. The SMILES string of the molecule is COc1cc2ncnc(Nc3ccc(F)c(Cl)c3)c2cc1O[C@H]1CC[C@H](N(C)C)CC1. The normalized spacial score (nSPS) is 18.9. The van der Waals surface area contributed by atoms with Crippen molar-refractivity contribution in [3.05, 3.63) is 47.5 Å². The fourth-order valence-electron chi connectivity index (χ4n) is 3.98. The molecule has 0 bridgehead atoms. The molecule has 0 aliphatic heterocycles. The van der Waals surface area contributed by atoms with Gasteiger partial charge in [-0.2, -0.15) is 0 Å². The van der Waals surface area contributed by atoms with Gasteiger partial charge in [-0.15, -0.1) is 0 Å². The number of ether oxygens (including phenoxy) is 2. The highest BCUT2D eigenvalue weighted by atomic mass is 35.5. The second kappa shape index (κ2) is 9.24. The van der Waals surface area contributed by atoms with E-state index in [4.69, 9.17) is 21.1 Å². The van der Waals surface area contributed by atoms with Gasteiger partial charge in [0.25, 0.3) is 0 Å². The predicted octanol–water partition coefficient (Wildman–Crippen LogP) is 5.43. The quantitative estimate of drug-likeness (QED) is 0.547. The average molecular weight is 445 g/mol. The molecule has 164 valence electrons. The molecule has 1 fully saturated rings. The van der Waals surface area contributed by atoms with Crippen LogP contribution in [0.1, 0.15) is 25.7 Å². The molecule has 31 heavy (non-hydrogen) atoms. The van der Waals surface area contributed by atoms with Crippen LogP contribution in [0.4, 0.5) is 15.9 Å². The average Bonchev–Trinajstić information content (AvgIpc) is 2.76. The van der Waals surface area contributed by atoms with E-state index in [1.54, 1.807) is 13.2 Å². The van der Waals surface area contributed by atoms with Crippen LogP contribution >= 0.6 is 11.6 Å². The first-order chi connectivity index (χ1) is 14.9. The molecule has 8 heteroatoms. The van der Waals surface area contributed by atoms with Crippen LogP contribution in [0, 0.1) is 5.82 Å². The van der Waals surface area contributed by atoms with Crippen molar-refractivity contribution in [3.63, 3.8) is 0 Å². The standard InChI is InChI=1S/C23H26ClFN4O2/c1-29(2)15-5-7-16(8-6-15)31-22-11-17-20(12-21(22)30-3)26-13-27-23(17)28-14-4-9-19(25)18(24)10-14/h4,9-13,15-16H,5-8H2,1-3H3,(H,26,27,28)/t15-,16-. The lowest BCUT2D eigenvalue weighted by Gasteiger charge is -2.33. The summed E-state index contributed by atoms with van der Waals surface area (Å²) in [5, 5.41) is 4.02. The van der Waals surface area contributed by atoms with Gasteiger partial charge in [0.1, 0.15) is 18.0 Å². The molecule has 1 heterocycles. The molecule has 0 atom stereocenters. The van der Waals surface area contributed by atoms with Gasteiger partial charge in [-0.25, -0.2) is 14.4 Å². The van der Waals surface area contributed by atoms with Crippen molar-refractivity contribution in [2.75, 3.05) is 26.5 Å². The van der Waals surface area contributed by atoms with E-state index in [0.29, 0.717) is 34.6 Å². The molecule has 3 aromatic rings. The number of methoxy groups -OCH3 is 1. The number of hydrogen-bond donors (Lipinski definition) is 1. The first-order valence-corrected chi connectivity index (χ1v) is 10.7. The van der Waals surface area contributed by atoms with Gasteiger partial charge in [-0.05, 0) is 64.0 Å². The molecule has 1 aliphatic carbocycles. The third-order valence-electron chi connectivity index (χ3n) is 5.77. The first kappa shape index (κ1) is 21.6. The summed E-state index contributed by atoms with van der Waals surface area (Å²) >= 11 is 5.91. The molecule has 4 rings (SSSR count). The van der Waals surface area contributed by atoms with E-state index in [1.807, 2.05) is 12.1 Å². The minimum Gasteiger partial charge on any atom is -0.493 e. The Labute approximate surface area is 186 Å². The van der Waals surface area contributed by atoms with Crippen molar-refractivity contribution in [1.29, 1.82) is 0 Å². The first-order valence-electron chi connectivity index (χ1n) is 10.3. The van der Waals surface area contributed by atoms with Crippen LogP contribution < -0.4 is 14.8 Å². The van der Waals surface area contributed by atoms with E-state index in [9.17, 15) is 4.39 Å². The topological polar surface area (TPSA) is 59.5 Å². The molecule has 1 aromatic heterocycles. The van der Waals surface area contributed by atoms with Gasteiger partial charge >= 0.3 is 0 Å². The molecule has 0 saturated heterocycles. The summed E-state index contributed by atoms with van der Waals surface area (Å²) in [7, 11) is 5.87. The van der Waals surface area contributed by atoms with Crippen LogP contribution in [0.25, 0.3) is 10.9 Å². The van der Waals surface area contributed by atoms with E-state index in [0.717, 1.165) is 31.1 Å². The molecule has 0 amide bonds. The largest absolute Gasteiger partial charge is 0.493 e. The van der Waals surface area contributed by atoms with Gasteiger partial charge in [-0.3, -0.25) is 0 Å². The summed E-state index contributed by atoms with van der Waals surface area (Å²) in [5.41, 5.74) is 1.35. The lowest BCUT2D eigenvalue weighted by Crippen LogP contribution is -2.35. The minimum atomic E-state index is -0.468. The van der Waals surface area contributed by atoms with Gasteiger partial charge in [0.2, 0.25) is 0 Å². The second-order valence-electron chi connectivity index (χ2n) is 8.01. The molecule has 0 unspecified atom stereocenters.